The van der Waals surface area contributed by atoms with Crippen molar-refractivity contribution in [2.75, 3.05) is 6.54 Å². The topological polar surface area (TPSA) is 121 Å². The molecular weight excluding hydrogens is 288 g/mol. The fraction of sp³-hybridized carbons (Fsp3) is 0.400. The van der Waals surface area contributed by atoms with E-state index in [2.05, 4.69) is 0 Å². The average molecular weight is 306 g/mol. The van der Waals surface area contributed by atoms with Gasteiger partial charge in [-0.3, -0.25) is 9.59 Å². The molecule has 0 aliphatic carbocycles. The van der Waals surface area contributed by atoms with Gasteiger partial charge in [0.1, 0.15) is 11.6 Å². The van der Waals surface area contributed by atoms with E-state index in [-0.39, 0.29) is 19.4 Å². The lowest BCUT2D eigenvalue weighted by atomic mass is 9.98. The quantitative estimate of drug-likeness (QED) is 0.708. The number of nitrogens with zero attached hydrogens (tertiary/aromatic N) is 1. The summed E-state index contributed by atoms with van der Waals surface area (Å²) in [6, 6.07) is 8.12. The van der Waals surface area contributed by atoms with E-state index in [9.17, 15) is 19.5 Å². The van der Waals surface area contributed by atoms with Crippen LogP contribution >= 0.6 is 0 Å². The minimum Gasteiger partial charge on any atom is -0.480 e. The van der Waals surface area contributed by atoms with Gasteiger partial charge in [-0.1, -0.05) is 30.3 Å². The van der Waals surface area contributed by atoms with Gasteiger partial charge < -0.3 is 20.8 Å². The molecule has 7 heteroatoms. The monoisotopic (exact) mass is 306 g/mol. The minimum absolute atomic E-state index is 0.115. The summed E-state index contributed by atoms with van der Waals surface area (Å²) in [7, 11) is 0. The number of nitrogens with two attached hydrogens (primary N) is 1. The van der Waals surface area contributed by atoms with Gasteiger partial charge in [0.2, 0.25) is 5.91 Å². The molecule has 4 N–H and O–H groups in total. The maximum Gasteiger partial charge on any atom is 0.326 e. The highest BCUT2D eigenvalue weighted by Crippen LogP contribution is 2.27. The second-order valence-corrected chi connectivity index (χ2v) is 5.53. The van der Waals surface area contributed by atoms with Crippen molar-refractivity contribution in [2.45, 2.75) is 30.8 Å². The molecule has 0 spiro atoms. The van der Waals surface area contributed by atoms with E-state index in [0.29, 0.717) is 6.42 Å². The Morgan fingerprint density at radius 1 is 1.23 bits per heavy atom. The van der Waals surface area contributed by atoms with Gasteiger partial charge in [0, 0.05) is 12.8 Å². The maximum atomic E-state index is 12.3. The first-order chi connectivity index (χ1) is 10.3. The van der Waals surface area contributed by atoms with E-state index < -0.39 is 29.4 Å². The molecule has 0 bridgehead atoms. The molecule has 0 aromatic heterocycles. The smallest absolute Gasteiger partial charge is 0.326 e. The van der Waals surface area contributed by atoms with Crippen molar-refractivity contribution < 1.29 is 24.6 Å². The summed E-state index contributed by atoms with van der Waals surface area (Å²) in [5.74, 6) is -2.93. The number of rotatable bonds is 5. The van der Waals surface area contributed by atoms with Crippen LogP contribution in [-0.2, 0) is 20.8 Å². The standard InChI is InChI=1S/C15H18N2O5/c16-15(14(21)22)8-11(13(19)20)17(9-15)12(18)7-6-10-4-2-1-3-5-10/h1-5,11H,6-9,16H2,(H,19,20)(H,21,22). The third kappa shape index (κ3) is 3.25. The lowest BCUT2D eigenvalue weighted by Gasteiger charge is -2.22. The molecule has 1 heterocycles. The van der Waals surface area contributed by atoms with Crippen molar-refractivity contribution in [3.8, 4) is 0 Å². The van der Waals surface area contributed by atoms with Gasteiger partial charge >= 0.3 is 11.9 Å². The van der Waals surface area contributed by atoms with Gasteiger partial charge in [0.05, 0.1) is 6.54 Å². The average Bonchev–Trinajstić information content (AvgIpc) is 2.86. The molecule has 7 nitrogen and oxygen atoms in total. The number of hydrogen-bond acceptors (Lipinski definition) is 4. The molecule has 1 fully saturated rings. The molecule has 1 aliphatic rings. The largest absolute Gasteiger partial charge is 0.480 e. The first kappa shape index (κ1) is 16.0. The highest BCUT2D eigenvalue weighted by atomic mass is 16.4. The Hall–Kier alpha value is -2.41. The van der Waals surface area contributed by atoms with Crippen LogP contribution in [0.1, 0.15) is 18.4 Å². The summed E-state index contributed by atoms with van der Waals surface area (Å²) in [6.07, 6.45) is 0.297. The number of aliphatic carboxylic acids is 2. The lowest BCUT2D eigenvalue weighted by molar-refractivity contribution is -0.148. The van der Waals surface area contributed by atoms with E-state index in [4.69, 9.17) is 10.8 Å². The summed E-state index contributed by atoms with van der Waals surface area (Å²) in [6.45, 7) is -0.285. The number of carboxylic acids is 2. The van der Waals surface area contributed by atoms with Crippen LogP contribution in [0.5, 0.6) is 0 Å². The van der Waals surface area contributed by atoms with Crippen LogP contribution in [-0.4, -0.2) is 51.1 Å². The summed E-state index contributed by atoms with van der Waals surface area (Å²) in [5, 5.41) is 18.3. The summed E-state index contributed by atoms with van der Waals surface area (Å²) in [5.41, 5.74) is 4.96. The number of carbonyl (C=O) groups excluding carboxylic acids is 1. The summed E-state index contributed by atoms with van der Waals surface area (Å²) >= 11 is 0. The van der Waals surface area contributed by atoms with Gasteiger partial charge in [0.25, 0.3) is 0 Å². The van der Waals surface area contributed by atoms with E-state index in [1.807, 2.05) is 30.3 Å². The summed E-state index contributed by atoms with van der Waals surface area (Å²) < 4.78 is 0. The Morgan fingerprint density at radius 3 is 2.41 bits per heavy atom. The van der Waals surface area contributed by atoms with Crippen LogP contribution in [0.2, 0.25) is 0 Å². The number of carboxylic acid groups (broad SMARTS) is 2. The van der Waals surface area contributed by atoms with Crippen molar-refractivity contribution in [3.05, 3.63) is 35.9 Å². The van der Waals surface area contributed by atoms with E-state index in [0.717, 1.165) is 10.5 Å². The highest BCUT2D eigenvalue weighted by Gasteiger charge is 2.51. The van der Waals surface area contributed by atoms with Crippen molar-refractivity contribution >= 4 is 17.8 Å². The molecule has 1 aliphatic heterocycles. The molecule has 0 saturated carbocycles. The van der Waals surface area contributed by atoms with E-state index in [1.165, 1.54) is 0 Å². The Morgan fingerprint density at radius 2 is 1.86 bits per heavy atom. The maximum absolute atomic E-state index is 12.3. The highest BCUT2D eigenvalue weighted by molar-refractivity contribution is 5.89. The number of likely N-dealkylation sites (tertiary alicyclic amines) is 1. The Bertz CT molecular complexity index is 589. The predicted octanol–water partition coefficient (Wildman–Crippen LogP) is 0.0868. The molecule has 118 valence electrons. The van der Waals surface area contributed by atoms with E-state index >= 15 is 0 Å². The Labute approximate surface area is 127 Å². The number of carbonyl (C=O) groups is 3. The number of hydrogen-bond donors (Lipinski definition) is 3. The fourth-order valence-corrected chi connectivity index (χ4v) is 2.61. The molecule has 1 saturated heterocycles. The normalized spacial score (nSPS) is 24.2. The second kappa shape index (κ2) is 6.15. The predicted molar refractivity (Wildman–Crippen MR) is 77.1 cm³/mol. The zero-order chi connectivity index (χ0) is 16.3. The molecule has 0 radical (unpaired) electrons. The van der Waals surface area contributed by atoms with Crippen LogP contribution in [0.25, 0.3) is 0 Å². The Balaban J connectivity index is 2.06. The first-order valence-corrected chi connectivity index (χ1v) is 6.92. The van der Waals surface area contributed by atoms with Crippen molar-refractivity contribution in [1.82, 2.24) is 4.90 Å². The first-order valence-electron chi connectivity index (χ1n) is 6.92. The van der Waals surface area contributed by atoms with Crippen LogP contribution in [0, 0.1) is 0 Å². The van der Waals surface area contributed by atoms with Gasteiger partial charge in [-0.25, -0.2) is 4.79 Å². The van der Waals surface area contributed by atoms with Crippen LogP contribution < -0.4 is 5.73 Å². The molecular formula is C15H18N2O5. The zero-order valence-electron chi connectivity index (χ0n) is 11.9. The minimum atomic E-state index is -1.70. The molecule has 1 aromatic rings. The fourth-order valence-electron chi connectivity index (χ4n) is 2.61. The van der Waals surface area contributed by atoms with Crippen molar-refractivity contribution in [2.24, 2.45) is 5.73 Å². The number of amides is 1. The third-order valence-corrected chi connectivity index (χ3v) is 3.89. The van der Waals surface area contributed by atoms with E-state index in [1.54, 1.807) is 0 Å². The van der Waals surface area contributed by atoms with Crippen LogP contribution in [0.4, 0.5) is 0 Å². The SMILES string of the molecule is NC1(C(=O)O)CC(C(=O)O)N(C(=O)CCc2ccccc2)C1. The second-order valence-electron chi connectivity index (χ2n) is 5.53. The zero-order valence-corrected chi connectivity index (χ0v) is 11.9. The van der Waals surface area contributed by atoms with Crippen molar-refractivity contribution in [3.63, 3.8) is 0 Å². The number of aryl methyl sites for hydroxylation is 1. The molecule has 2 atom stereocenters. The van der Waals surface area contributed by atoms with Crippen molar-refractivity contribution in [1.29, 1.82) is 0 Å². The van der Waals surface area contributed by atoms with Gasteiger partial charge in [-0.2, -0.15) is 0 Å². The summed E-state index contributed by atoms with van der Waals surface area (Å²) in [4.78, 5) is 35.8. The molecule has 2 rings (SSSR count). The van der Waals surface area contributed by atoms with Crippen LogP contribution in [0.3, 0.4) is 0 Å². The third-order valence-electron chi connectivity index (χ3n) is 3.89. The number of benzene rings is 1. The Kier molecular flexibility index (Phi) is 4.46. The van der Waals surface area contributed by atoms with Crippen LogP contribution in [0.15, 0.2) is 30.3 Å². The molecule has 2 unspecified atom stereocenters. The van der Waals surface area contributed by atoms with Gasteiger partial charge in [0.15, 0.2) is 0 Å². The molecule has 22 heavy (non-hydrogen) atoms. The molecule has 1 aromatic carbocycles. The lowest BCUT2D eigenvalue weighted by Crippen LogP contribution is -2.50. The van der Waals surface area contributed by atoms with Gasteiger partial charge in [-0.15, -0.1) is 0 Å². The molecule has 1 amide bonds. The van der Waals surface area contributed by atoms with Gasteiger partial charge in [-0.05, 0) is 12.0 Å².